The highest BCUT2D eigenvalue weighted by atomic mass is 16.6. The Morgan fingerprint density at radius 2 is 1.93 bits per heavy atom. The molecule has 1 N–H and O–H groups in total. The first-order valence-corrected chi connectivity index (χ1v) is 10.1. The maximum absolute atomic E-state index is 12.5. The number of aliphatic hydroxyl groups is 1. The molecule has 3 heterocycles. The number of amides is 1. The Kier molecular flexibility index (Phi) is 4.70. The third kappa shape index (κ3) is 3.20. The fourth-order valence-corrected chi connectivity index (χ4v) is 4.62. The van der Waals surface area contributed by atoms with Crippen molar-refractivity contribution in [2.24, 2.45) is 0 Å². The van der Waals surface area contributed by atoms with E-state index in [2.05, 4.69) is 28.8 Å². The molecule has 28 heavy (non-hydrogen) atoms. The molecule has 0 unspecified atom stereocenters. The van der Waals surface area contributed by atoms with Gasteiger partial charge in [-0.15, -0.1) is 0 Å². The summed E-state index contributed by atoms with van der Waals surface area (Å²) in [5, 5.41) is 9.77. The summed E-state index contributed by atoms with van der Waals surface area (Å²) in [5.41, 5.74) is 2.78. The highest BCUT2D eigenvalue weighted by molar-refractivity contribution is 5.68. The molecule has 4 rings (SSSR count). The molecule has 6 nitrogen and oxygen atoms in total. The number of hydrogen-bond acceptors (Lipinski definition) is 4. The van der Waals surface area contributed by atoms with E-state index in [-0.39, 0.29) is 18.1 Å². The molecule has 2 aromatic rings. The van der Waals surface area contributed by atoms with Crippen molar-refractivity contribution in [1.29, 1.82) is 0 Å². The summed E-state index contributed by atoms with van der Waals surface area (Å²) in [4.78, 5) is 19.1. The zero-order valence-corrected chi connectivity index (χ0v) is 16.9. The maximum Gasteiger partial charge on any atom is 0.410 e. The van der Waals surface area contributed by atoms with Crippen molar-refractivity contribution in [3.63, 3.8) is 0 Å². The first-order valence-electron chi connectivity index (χ1n) is 10.1. The van der Waals surface area contributed by atoms with Crippen LogP contribution in [0.2, 0.25) is 0 Å². The lowest BCUT2D eigenvalue weighted by molar-refractivity contribution is 0.0176. The Hall–Kier alpha value is -2.34. The number of hydrogen-bond donors (Lipinski definition) is 1. The number of aryl methyl sites for hydroxylation is 1. The number of fused-ring (bicyclic) bond motifs is 4. The van der Waals surface area contributed by atoms with E-state index in [9.17, 15) is 9.90 Å². The maximum atomic E-state index is 12.5. The van der Waals surface area contributed by atoms with Crippen LogP contribution in [-0.4, -0.2) is 44.3 Å². The third-order valence-corrected chi connectivity index (χ3v) is 5.93. The number of carbonyl (C=O) groups is 1. The van der Waals surface area contributed by atoms with Crippen LogP contribution >= 0.6 is 0 Å². The van der Waals surface area contributed by atoms with E-state index in [1.165, 1.54) is 11.1 Å². The van der Waals surface area contributed by atoms with Gasteiger partial charge in [0, 0.05) is 19.6 Å². The average Bonchev–Trinajstić information content (AvgIpc) is 3.03. The van der Waals surface area contributed by atoms with Gasteiger partial charge in [-0.3, -0.25) is 0 Å². The lowest BCUT2D eigenvalue weighted by Crippen LogP contribution is -2.48. The van der Waals surface area contributed by atoms with Crippen LogP contribution in [0, 0.1) is 0 Å². The number of benzene rings is 1. The van der Waals surface area contributed by atoms with Gasteiger partial charge in [-0.1, -0.05) is 24.3 Å². The van der Waals surface area contributed by atoms with E-state index in [0.717, 1.165) is 37.3 Å². The van der Waals surface area contributed by atoms with E-state index in [1.807, 2.05) is 25.7 Å². The topological polar surface area (TPSA) is 67.6 Å². The summed E-state index contributed by atoms with van der Waals surface area (Å²) < 4.78 is 7.75. The molecule has 0 aliphatic carbocycles. The van der Waals surface area contributed by atoms with Gasteiger partial charge in [0.2, 0.25) is 0 Å². The second-order valence-corrected chi connectivity index (χ2v) is 8.84. The van der Waals surface area contributed by atoms with Gasteiger partial charge in [-0.25, -0.2) is 9.78 Å². The SMILES string of the molecule is CC(C)(C)OC(=O)N1CCC2(CC1)c1ccccc1CCn1c(CO)cnc12. The smallest absolute Gasteiger partial charge is 0.410 e. The Bertz CT molecular complexity index is 873. The van der Waals surface area contributed by atoms with Crippen molar-refractivity contribution < 1.29 is 14.6 Å². The lowest BCUT2D eigenvalue weighted by Gasteiger charge is -2.42. The van der Waals surface area contributed by atoms with Crippen molar-refractivity contribution in [3.8, 4) is 0 Å². The predicted octanol–water partition coefficient (Wildman–Crippen LogP) is 3.25. The van der Waals surface area contributed by atoms with Crippen molar-refractivity contribution in [2.45, 2.75) is 64.2 Å². The molecule has 1 spiro atoms. The molecule has 150 valence electrons. The van der Waals surface area contributed by atoms with Gasteiger partial charge in [0.25, 0.3) is 0 Å². The van der Waals surface area contributed by atoms with E-state index in [4.69, 9.17) is 9.72 Å². The van der Waals surface area contributed by atoms with Crippen molar-refractivity contribution in [1.82, 2.24) is 14.5 Å². The van der Waals surface area contributed by atoms with Gasteiger partial charge >= 0.3 is 6.09 Å². The zero-order chi connectivity index (χ0) is 19.9. The molecule has 0 saturated carbocycles. The predicted molar refractivity (Wildman–Crippen MR) is 106 cm³/mol. The Morgan fingerprint density at radius 3 is 2.61 bits per heavy atom. The molecule has 2 aliphatic rings. The monoisotopic (exact) mass is 383 g/mol. The number of piperidine rings is 1. The molecule has 0 atom stereocenters. The van der Waals surface area contributed by atoms with E-state index < -0.39 is 5.60 Å². The largest absolute Gasteiger partial charge is 0.444 e. The minimum atomic E-state index is -0.493. The second-order valence-electron chi connectivity index (χ2n) is 8.84. The quantitative estimate of drug-likeness (QED) is 0.821. The Morgan fingerprint density at radius 1 is 1.21 bits per heavy atom. The van der Waals surface area contributed by atoms with Gasteiger partial charge < -0.3 is 19.3 Å². The first kappa shape index (κ1) is 19.0. The van der Waals surface area contributed by atoms with Crippen molar-refractivity contribution in [2.75, 3.05) is 13.1 Å². The Labute approximate surface area is 166 Å². The summed E-state index contributed by atoms with van der Waals surface area (Å²) >= 11 is 0. The average molecular weight is 383 g/mol. The first-order chi connectivity index (χ1) is 13.3. The molecule has 1 aromatic heterocycles. The number of carbonyl (C=O) groups excluding carboxylic acids is 1. The number of rotatable bonds is 1. The van der Waals surface area contributed by atoms with Crippen LogP contribution in [0.3, 0.4) is 0 Å². The molecule has 0 radical (unpaired) electrons. The highest BCUT2D eigenvalue weighted by Crippen LogP contribution is 2.44. The van der Waals surface area contributed by atoms with E-state index >= 15 is 0 Å². The summed E-state index contributed by atoms with van der Waals surface area (Å²) in [6, 6.07) is 8.58. The van der Waals surface area contributed by atoms with Crippen LogP contribution < -0.4 is 0 Å². The van der Waals surface area contributed by atoms with Crippen molar-refractivity contribution in [3.05, 3.63) is 53.1 Å². The lowest BCUT2D eigenvalue weighted by atomic mass is 9.70. The molecule has 1 fully saturated rings. The van der Waals surface area contributed by atoms with Gasteiger partial charge in [-0.2, -0.15) is 0 Å². The minimum absolute atomic E-state index is 0.0105. The molecule has 1 aromatic carbocycles. The molecule has 0 bridgehead atoms. The number of imidazole rings is 1. The number of aromatic nitrogens is 2. The zero-order valence-electron chi connectivity index (χ0n) is 16.9. The summed E-state index contributed by atoms with van der Waals surface area (Å²) in [5.74, 6) is 1.02. The van der Waals surface area contributed by atoms with Gasteiger partial charge in [-0.05, 0) is 51.2 Å². The second kappa shape index (κ2) is 6.92. The van der Waals surface area contributed by atoms with Gasteiger partial charge in [0.1, 0.15) is 11.4 Å². The fourth-order valence-electron chi connectivity index (χ4n) is 4.62. The number of ether oxygens (including phenoxy) is 1. The third-order valence-electron chi connectivity index (χ3n) is 5.93. The van der Waals surface area contributed by atoms with Crippen LogP contribution in [0.15, 0.2) is 30.5 Å². The summed E-state index contributed by atoms with van der Waals surface area (Å²) in [6.07, 6.45) is 4.06. The number of nitrogens with zero attached hydrogens (tertiary/aromatic N) is 3. The van der Waals surface area contributed by atoms with Gasteiger partial charge in [0.05, 0.1) is 23.9 Å². The fraction of sp³-hybridized carbons (Fsp3) is 0.545. The van der Waals surface area contributed by atoms with E-state index in [1.54, 1.807) is 6.20 Å². The molecular formula is C22H29N3O3. The molecular weight excluding hydrogens is 354 g/mol. The number of aliphatic hydroxyl groups excluding tert-OH is 1. The normalized spacial score (nSPS) is 18.4. The molecule has 6 heteroatoms. The molecule has 1 saturated heterocycles. The van der Waals surface area contributed by atoms with Crippen LogP contribution in [-0.2, 0) is 29.7 Å². The van der Waals surface area contributed by atoms with Crippen LogP contribution in [0.25, 0.3) is 0 Å². The highest BCUT2D eigenvalue weighted by Gasteiger charge is 2.45. The standard InChI is InChI=1S/C22H29N3O3/c1-21(2,3)28-20(27)24-12-9-22(10-13-24)18-7-5-4-6-16(18)8-11-25-17(15-26)14-23-19(22)25/h4-7,14,26H,8-13,15H2,1-3H3. The minimum Gasteiger partial charge on any atom is -0.444 e. The Balaban J connectivity index is 1.69. The van der Waals surface area contributed by atoms with Crippen LogP contribution in [0.1, 0.15) is 56.3 Å². The van der Waals surface area contributed by atoms with Crippen LogP contribution in [0.4, 0.5) is 4.79 Å². The van der Waals surface area contributed by atoms with Gasteiger partial charge in [0.15, 0.2) is 0 Å². The number of likely N-dealkylation sites (tertiary alicyclic amines) is 1. The molecule has 1 amide bonds. The summed E-state index contributed by atoms with van der Waals surface area (Å²) in [6.45, 7) is 7.75. The van der Waals surface area contributed by atoms with Crippen molar-refractivity contribution >= 4 is 6.09 Å². The molecule has 2 aliphatic heterocycles. The summed E-state index contributed by atoms with van der Waals surface area (Å²) in [7, 11) is 0. The van der Waals surface area contributed by atoms with E-state index in [0.29, 0.717) is 13.1 Å². The van der Waals surface area contributed by atoms with Crippen LogP contribution in [0.5, 0.6) is 0 Å².